The molecule has 1 aliphatic rings. The van der Waals surface area contributed by atoms with E-state index in [1.54, 1.807) is 4.57 Å². The number of nitrogens with one attached hydrogen (secondary N) is 2. The van der Waals surface area contributed by atoms with E-state index >= 15 is 0 Å². The molecule has 0 bridgehead atoms. The molecule has 1 fully saturated rings. The first-order valence-electron chi connectivity index (χ1n) is 11.8. The van der Waals surface area contributed by atoms with E-state index in [1.165, 1.54) is 0 Å². The second kappa shape index (κ2) is 9.11. The maximum absolute atomic E-state index is 12.4. The van der Waals surface area contributed by atoms with E-state index in [2.05, 4.69) is 98.6 Å². The van der Waals surface area contributed by atoms with E-state index in [4.69, 9.17) is 19.3 Å². The van der Waals surface area contributed by atoms with E-state index in [0.29, 0.717) is 28.9 Å². The molecule has 0 aromatic carbocycles. The lowest BCUT2D eigenvalue weighted by Gasteiger charge is -2.40. The molecule has 0 spiro atoms. The molecule has 3 heterocycles. The summed E-state index contributed by atoms with van der Waals surface area (Å²) in [6.45, 7) is 22.8. The first-order chi connectivity index (χ1) is 15.3. The van der Waals surface area contributed by atoms with Crippen molar-refractivity contribution in [1.29, 1.82) is 0 Å². The average Bonchev–Trinajstić information content (AvgIpc) is 3.21. The number of nitrogen functional groups attached to an aromatic ring is 1. The summed E-state index contributed by atoms with van der Waals surface area (Å²) in [7, 11) is -4.06. The molecule has 34 heavy (non-hydrogen) atoms. The van der Waals surface area contributed by atoms with Gasteiger partial charge in [-0.15, -0.1) is 4.98 Å². The topological polar surface area (TPSA) is 119 Å². The van der Waals surface area contributed by atoms with Crippen molar-refractivity contribution in [1.82, 2.24) is 15.0 Å². The van der Waals surface area contributed by atoms with Crippen LogP contribution in [0.15, 0.2) is 9.53 Å². The zero-order chi connectivity index (χ0) is 25.9. The zero-order valence-corrected chi connectivity index (χ0v) is 25.7. The van der Waals surface area contributed by atoms with Gasteiger partial charge in [0.2, 0.25) is 4.73 Å². The number of anilines is 1. The SMILES string of the molecule is CC(C)(C)[Si](C)(C)OC[C@H]1O[C@H]([n+]2c(N)[nH]c(=O)c3[nH]c(Br)nc32)C[C@@H]1O[Si](C)(C)C(C)(C)C. The number of hydrogen-bond donors (Lipinski definition) is 3. The average molecular weight is 576 g/mol. The van der Waals surface area contributed by atoms with Gasteiger partial charge in [0.05, 0.1) is 12.7 Å². The van der Waals surface area contributed by atoms with Crippen LogP contribution in [0.25, 0.3) is 11.2 Å². The molecule has 1 aliphatic heterocycles. The number of H-pyrrole nitrogens is 2. The standard InChI is InChI=1S/C22H40BrN5O4Si2/c1-21(2,3)33(7,8)30-12-14-13(32-34(9,10)22(4,5)6)11-15(31-14)28-17-16(25-19(23)26-17)18(29)27-20(28)24/h13-15H,11-12H2,1-10H3,(H3,24,25,26,27,29)/p+1/t13-,14+,15-/m0/s1. The molecule has 2 aromatic heterocycles. The van der Waals surface area contributed by atoms with Crippen molar-refractivity contribution in [3.05, 3.63) is 15.1 Å². The van der Waals surface area contributed by atoms with Crippen molar-refractivity contribution in [2.45, 2.75) is 103 Å². The fraction of sp³-hybridized carbons (Fsp3) is 0.773. The highest BCUT2D eigenvalue weighted by molar-refractivity contribution is 9.10. The minimum Gasteiger partial charge on any atom is -0.414 e. The van der Waals surface area contributed by atoms with Gasteiger partial charge in [-0.1, -0.05) is 41.5 Å². The van der Waals surface area contributed by atoms with E-state index < -0.39 is 22.9 Å². The Morgan fingerprint density at radius 3 is 2.26 bits per heavy atom. The molecule has 192 valence electrons. The van der Waals surface area contributed by atoms with Gasteiger partial charge in [-0.2, -0.15) is 4.57 Å². The van der Waals surface area contributed by atoms with E-state index in [0.717, 1.165) is 0 Å². The number of halogens is 1. The number of imidazole rings is 1. The van der Waals surface area contributed by atoms with Gasteiger partial charge < -0.3 is 24.3 Å². The number of hydrogen-bond acceptors (Lipinski definition) is 6. The summed E-state index contributed by atoms with van der Waals surface area (Å²) in [5.41, 5.74) is 6.72. The Kier molecular flexibility index (Phi) is 7.38. The number of aromatic amines is 2. The summed E-state index contributed by atoms with van der Waals surface area (Å²) in [6, 6.07) is 0. The van der Waals surface area contributed by atoms with Gasteiger partial charge in [0.15, 0.2) is 28.4 Å². The Morgan fingerprint density at radius 2 is 1.71 bits per heavy atom. The van der Waals surface area contributed by atoms with Crippen LogP contribution in [0.2, 0.25) is 36.3 Å². The van der Waals surface area contributed by atoms with Gasteiger partial charge in [-0.3, -0.25) is 4.79 Å². The fourth-order valence-electron chi connectivity index (χ4n) is 3.51. The first-order valence-corrected chi connectivity index (χ1v) is 18.4. The van der Waals surface area contributed by atoms with Gasteiger partial charge in [-0.25, -0.2) is 4.98 Å². The van der Waals surface area contributed by atoms with Crippen LogP contribution in [0.3, 0.4) is 0 Å². The molecule has 0 unspecified atom stereocenters. The van der Waals surface area contributed by atoms with Crippen LogP contribution in [-0.4, -0.2) is 50.4 Å². The lowest BCUT2D eigenvalue weighted by atomic mass is 10.2. The third-order valence-corrected chi connectivity index (χ3v) is 17.1. The first kappa shape index (κ1) is 27.5. The Labute approximate surface area is 212 Å². The smallest absolute Gasteiger partial charge is 0.322 e. The zero-order valence-electron chi connectivity index (χ0n) is 22.1. The maximum Gasteiger partial charge on any atom is 0.322 e. The van der Waals surface area contributed by atoms with Gasteiger partial charge in [-0.05, 0) is 36.3 Å². The lowest BCUT2D eigenvalue weighted by Crippen LogP contribution is -2.48. The predicted molar refractivity (Wildman–Crippen MR) is 143 cm³/mol. The highest BCUT2D eigenvalue weighted by atomic mass is 79.9. The lowest BCUT2D eigenvalue weighted by molar-refractivity contribution is -0.728. The summed E-state index contributed by atoms with van der Waals surface area (Å²) < 4.78 is 22.1. The van der Waals surface area contributed by atoms with Crippen LogP contribution in [0.5, 0.6) is 0 Å². The van der Waals surface area contributed by atoms with E-state index in [1.807, 2.05) is 0 Å². The molecule has 0 saturated carbocycles. The quantitative estimate of drug-likeness (QED) is 0.264. The summed E-state index contributed by atoms with van der Waals surface area (Å²) in [6.07, 6.45) is -0.285. The molecule has 1 saturated heterocycles. The fourth-order valence-corrected chi connectivity index (χ4v) is 6.25. The molecule has 4 N–H and O–H groups in total. The highest BCUT2D eigenvalue weighted by Gasteiger charge is 2.48. The van der Waals surface area contributed by atoms with Crippen molar-refractivity contribution in [2.75, 3.05) is 12.3 Å². The van der Waals surface area contributed by atoms with Crippen LogP contribution in [0, 0.1) is 0 Å². The number of nitrogens with zero attached hydrogens (tertiary/aromatic N) is 2. The van der Waals surface area contributed by atoms with E-state index in [-0.39, 0.29) is 33.8 Å². The highest BCUT2D eigenvalue weighted by Crippen LogP contribution is 2.42. The molecule has 9 nitrogen and oxygen atoms in total. The number of nitrogens with two attached hydrogens (primary N) is 1. The van der Waals surface area contributed by atoms with Crippen molar-refractivity contribution in [3.63, 3.8) is 0 Å². The Morgan fingerprint density at radius 1 is 1.12 bits per heavy atom. The molecule has 3 atom stereocenters. The molecular weight excluding hydrogens is 534 g/mol. The molecule has 0 amide bonds. The third kappa shape index (κ3) is 5.36. The Hall–Kier alpha value is -1.06. The van der Waals surface area contributed by atoms with E-state index in [9.17, 15) is 4.79 Å². The summed E-state index contributed by atoms with van der Waals surface area (Å²) >= 11 is 3.33. The monoisotopic (exact) mass is 574 g/mol. The number of aromatic nitrogens is 4. The summed E-state index contributed by atoms with van der Waals surface area (Å²) in [4.78, 5) is 22.5. The molecule has 12 heteroatoms. The van der Waals surface area contributed by atoms with Crippen molar-refractivity contribution in [2.24, 2.45) is 0 Å². The Bertz CT molecular complexity index is 1100. The van der Waals surface area contributed by atoms with Gasteiger partial charge >= 0.3 is 11.5 Å². The largest absolute Gasteiger partial charge is 0.414 e. The minimum atomic E-state index is -2.08. The second-order valence-corrected chi connectivity index (χ2v) is 22.6. The van der Waals surface area contributed by atoms with Crippen LogP contribution in [0.1, 0.15) is 54.2 Å². The van der Waals surface area contributed by atoms with Crippen molar-refractivity contribution in [3.8, 4) is 0 Å². The van der Waals surface area contributed by atoms with Gasteiger partial charge in [0.25, 0.3) is 5.65 Å². The Balaban J connectivity index is 1.97. The minimum absolute atomic E-state index is 0.0560. The second-order valence-electron chi connectivity index (χ2n) is 12.3. The van der Waals surface area contributed by atoms with Crippen LogP contribution in [-0.2, 0) is 13.6 Å². The normalized spacial score (nSPS) is 22.6. The molecule has 3 rings (SSSR count). The molecule has 0 radical (unpaired) electrons. The number of fused-ring (bicyclic) bond motifs is 1. The molecule has 0 aliphatic carbocycles. The van der Waals surface area contributed by atoms with Crippen LogP contribution in [0.4, 0.5) is 5.95 Å². The number of ether oxygens (including phenoxy) is 1. The molecule has 2 aromatic rings. The van der Waals surface area contributed by atoms with Gasteiger partial charge in [0.1, 0.15) is 6.10 Å². The van der Waals surface area contributed by atoms with Crippen LogP contribution < -0.4 is 15.9 Å². The van der Waals surface area contributed by atoms with Gasteiger partial charge in [0, 0.05) is 22.4 Å². The predicted octanol–water partition coefficient (Wildman–Crippen LogP) is 4.58. The summed E-state index contributed by atoms with van der Waals surface area (Å²) in [5.74, 6) is 0.193. The maximum atomic E-state index is 12.4. The summed E-state index contributed by atoms with van der Waals surface area (Å²) in [5, 5.41) is 0.146. The third-order valence-electron chi connectivity index (χ3n) is 7.75. The van der Waals surface area contributed by atoms with Crippen LogP contribution >= 0.6 is 15.9 Å². The van der Waals surface area contributed by atoms with Crippen molar-refractivity contribution < 1.29 is 18.2 Å². The number of rotatable bonds is 6. The molecular formula is C22H41BrN5O4Si2+. The van der Waals surface area contributed by atoms with Crippen molar-refractivity contribution >= 4 is 49.7 Å².